The van der Waals surface area contributed by atoms with Crippen LogP contribution >= 0.6 is 0 Å². The third kappa shape index (κ3) is 4.51. The minimum absolute atomic E-state index is 0.142. The predicted octanol–water partition coefficient (Wildman–Crippen LogP) is 2.12. The largest absolute Gasteiger partial charge is 0.496 e. The van der Waals surface area contributed by atoms with E-state index in [1.54, 1.807) is 31.5 Å². The highest BCUT2D eigenvalue weighted by atomic mass is 32.2. The van der Waals surface area contributed by atoms with Crippen LogP contribution < -0.4 is 10.1 Å². The van der Waals surface area contributed by atoms with Gasteiger partial charge in [0.2, 0.25) is 15.9 Å². The van der Waals surface area contributed by atoms with Gasteiger partial charge in [0.1, 0.15) is 5.75 Å². The molecule has 0 bridgehead atoms. The van der Waals surface area contributed by atoms with Gasteiger partial charge >= 0.3 is 0 Å². The molecule has 1 N–H and O–H groups in total. The van der Waals surface area contributed by atoms with Gasteiger partial charge in [-0.25, -0.2) is 8.42 Å². The third-order valence-electron chi connectivity index (χ3n) is 4.93. The van der Waals surface area contributed by atoms with Crippen molar-refractivity contribution in [1.82, 2.24) is 14.6 Å². The van der Waals surface area contributed by atoms with E-state index in [1.807, 2.05) is 25.1 Å². The maximum absolute atomic E-state index is 13.0. The van der Waals surface area contributed by atoms with E-state index in [1.165, 1.54) is 4.31 Å². The molecule has 1 saturated heterocycles. The second-order valence-electron chi connectivity index (χ2n) is 6.87. The van der Waals surface area contributed by atoms with Gasteiger partial charge in [0.05, 0.1) is 30.2 Å². The first-order valence-electron chi connectivity index (χ1n) is 9.24. The van der Waals surface area contributed by atoms with Crippen LogP contribution in [0.15, 0.2) is 47.5 Å². The SMILES string of the molecule is COc1ccc(S(=O)(=O)N2CCC[C@H](C(=O)NCc3ccccn3)C2)cc1C. The number of pyridine rings is 1. The molecule has 1 aliphatic heterocycles. The number of sulfonamides is 1. The van der Waals surface area contributed by atoms with Gasteiger partial charge in [-0.3, -0.25) is 9.78 Å². The Kier molecular flexibility index (Phi) is 6.31. The van der Waals surface area contributed by atoms with Gasteiger partial charge in [0, 0.05) is 19.3 Å². The lowest BCUT2D eigenvalue weighted by atomic mass is 9.99. The minimum atomic E-state index is -3.66. The van der Waals surface area contributed by atoms with E-state index in [0.717, 1.165) is 11.3 Å². The summed E-state index contributed by atoms with van der Waals surface area (Å²) in [4.78, 5) is 16.9. The van der Waals surface area contributed by atoms with Crippen molar-refractivity contribution in [3.63, 3.8) is 0 Å². The summed E-state index contributed by atoms with van der Waals surface area (Å²) in [6, 6.07) is 10.3. The van der Waals surface area contributed by atoms with Crippen LogP contribution in [0.1, 0.15) is 24.1 Å². The molecule has 8 heteroatoms. The third-order valence-corrected chi connectivity index (χ3v) is 6.79. The molecule has 0 radical (unpaired) electrons. The second kappa shape index (κ2) is 8.70. The first-order chi connectivity index (χ1) is 13.4. The molecule has 2 heterocycles. The smallest absolute Gasteiger partial charge is 0.243 e. The summed E-state index contributed by atoms with van der Waals surface area (Å²) in [5, 5.41) is 2.87. The van der Waals surface area contributed by atoms with Crippen molar-refractivity contribution in [1.29, 1.82) is 0 Å². The molecule has 0 unspecified atom stereocenters. The molecule has 0 aliphatic carbocycles. The summed E-state index contributed by atoms with van der Waals surface area (Å²) < 4.78 is 32.7. The Balaban J connectivity index is 1.68. The van der Waals surface area contributed by atoms with Crippen molar-refractivity contribution >= 4 is 15.9 Å². The number of rotatable bonds is 6. The fourth-order valence-corrected chi connectivity index (χ4v) is 4.97. The van der Waals surface area contributed by atoms with Gasteiger partial charge in [0.25, 0.3) is 0 Å². The highest BCUT2D eigenvalue weighted by Crippen LogP contribution is 2.27. The zero-order valence-corrected chi connectivity index (χ0v) is 16.9. The number of carbonyl (C=O) groups excluding carboxylic acids is 1. The lowest BCUT2D eigenvalue weighted by Gasteiger charge is -2.31. The zero-order valence-electron chi connectivity index (χ0n) is 16.1. The molecule has 2 aromatic rings. The van der Waals surface area contributed by atoms with E-state index in [2.05, 4.69) is 10.3 Å². The molecule has 1 fully saturated rings. The average molecular weight is 404 g/mol. The molecule has 7 nitrogen and oxygen atoms in total. The van der Waals surface area contributed by atoms with Gasteiger partial charge in [0.15, 0.2) is 0 Å². The van der Waals surface area contributed by atoms with Crippen molar-refractivity contribution < 1.29 is 17.9 Å². The van der Waals surface area contributed by atoms with Crippen LogP contribution in [0.3, 0.4) is 0 Å². The predicted molar refractivity (Wildman–Crippen MR) is 105 cm³/mol. The molecule has 3 rings (SSSR count). The van der Waals surface area contributed by atoms with Crippen LogP contribution in [0.4, 0.5) is 0 Å². The summed E-state index contributed by atoms with van der Waals surface area (Å²) in [6.07, 6.45) is 2.99. The quantitative estimate of drug-likeness (QED) is 0.798. The molecular formula is C20H25N3O4S. The first-order valence-corrected chi connectivity index (χ1v) is 10.7. The van der Waals surface area contributed by atoms with E-state index in [9.17, 15) is 13.2 Å². The number of methoxy groups -OCH3 is 1. The Morgan fingerprint density at radius 3 is 2.82 bits per heavy atom. The van der Waals surface area contributed by atoms with Crippen LogP contribution in [0, 0.1) is 12.8 Å². The number of amides is 1. The van der Waals surface area contributed by atoms with Gasteiger partial charge in [-0.2, -0.15) is 4.31 Å². The number of hydrogen-bond acceptors (Lipinski definition) is 5. The van der Waals surface area contributed by atoms with Crippen molar-refractivity contribution in [3.8, 4) is 5.75 Å². The number of hydrogen-bond donors (Lipinski definition) is 1. The van der Waals surface area contributed by atoms with Crippen LogP contribution in [0.5, 0.6) is 5.75 Å². The summed E-state index contributed by atoms with van der Waals surface area (Å²) >= 11 is 0. The maximum atomic E-state index is 13.0. The van der Waals surface area contributed by atoms with Crippen molar-refractivity contribution in [3.05, 3.63) is 53.9 Å². The van der Waals surface area contributed by atoms with E-state index in [4.69, 9.17) is 4.74 Å². The van der Waals surface area contributed by atoms with Crippen molar-refractivity contribution in [2.24, 2.45) is 5.92 Å². The van der Waals surface area contributed by atoms with Crippen LogP contribution in [-0.2, 0) is 21.4 Å². The molecule has 1 aliphatic rings. The molecule has 150 valence electrons. The standard InChI is InChI=1S/C20H25N3O4S/c1-15-12-18(8-9-19(15)27-2)28(25,26)23-11-5-6-16(14-23)20(24)22-13-17-7-3-4-10-21-17/h3-4,7-10,12,16H,5-6,11,13-14H2,1-2H3,(H,22,24)/t16-/m0/s1. The van der Waals surface area contributed by atoms with Gasteiger partial charge in [-0.05, 0) is 55.7 Å². The van der Waals surface area contributed by atoms with Crippen LogP contribution in [0.25, 0.3) is 0 Å². The van der Waals surface area contributed by atoms with E-state index in [0.29, 0.717) is 31.7 Å². The summed E-state index contributed by atoms with van der Waals surface area (Å²) in [7, 11) is -2.11. The lowest BCUT2D eigenvalue weighted by molar-refractivity contribution is -0.126. The van der Waals surface area contributed by atoms with E-state index < -0.39 is 10.0 Å². The monoisotopic (exact) mass is 403 g/mol. The highest BCUT2D eigenvalue weighted by Gasteiger charge is 2.33. The van der Waals surface area contributed by atoms with Crippen LogP contribution in [-0.4, -0.2) is 43.8 Å². The highest BCUT2D eigenvalue weighted by molar-refractivity contribution is 7.89. The number of aromatic nitrogens is 1. The fourth-order valence-electron chi connectivity index (χ4n) is 3.36. The number of piperidine rings is 1. The van der Waals surface area contributed by atoms with Crippen LogP contribution in [0.2, 0.25) is 0 Å². The Labute approximate surface area is 165 Å². The van der Waals surface area contributed by atoms with E-state index in [-0.39, 0.29) is 23.3 Å². The Hall–Kier alpha value is -2.45. The molecule has 1 aromatic heterocycles. The molecule has 0 saturated carbocycles. The summed E-state index contributed by atoms with van der Waals surface area (Å²) in [6.45, 7) is 2.74. The Morgan fingerprint density at radius 2 is 2.14 bits per heavy atom. The number of nitrogens with zero attached hydrogens (tertiary/aromatic N) is 2. The Morgan fingerprint density at radius 1 is 1.32 bits per heavy atom. The van der Waals surface area contributed by atoms with E-state index >= 15 is 0 Å². The van der Waals surface area contributed by atoms with Crippen molar-refractivity contribution in [2.45, 2.75) is 31.2 Å². The second-order valence-corrected chi connectivity index (χ2v) is 8.81. The summed E-state index contributed by atoms with van der Waals surface area (Å²) in [5.41, 5.74) is 1.52. The first kappa shape index (κ1) is 20.3. The molecule has 1 aromatic carbocycles. The summed E-state index contributed by atoms with van der Waals surface area (Å²) in [5.74, 6) is 0.132. The lowest BCUT2D eigenvalue weighted by Crippen LogP contribution is -2.45. The number of benzene rings is 1. The van der Waals surface area contributed by atoms with Gasteiger partial charge < -0.3 is 10.1 Å². The normalized spacial score (nSPS) is 17.9. The molecule has 1 atom stereocenters. The molecular weight excluding hydrogens is 378 g/mol. The van der Waals surface area contributed by atoms with Gasteiger partial charge in [-0.1, -0.05) is 6.07 Å². The fraction of sp³-hybridized carbons (Fsp3) is 0.400. The van der Waals surface area contributed by atoms with Gasteiger partial charge in [-0.15, -0.1) is 0 Å². The number of aryl methyl sites for hydroxylation is 1. The zero-order chi connectivity index (χ0) is 20.1. The number of ether oxygens (including phenoxy) is 1. The molecule has 28 heavy (non-hydrogen) atoms. The maximum Gasteiger partial charge on any atom is 0.243 e. The molecule has 1 amide bonds. The topological polar surface area (TPSA) is 88.6 Å². The number of carbonyl (C=O) groups is 1. The number of nitrogens with one attached hydrogen (secondary N) is 1. The Bertz CT molecular complexity index is 932. The van der Waals surface area contributed by atoms with Crippen molar-refractivity contribution in [2.75, 3.05) is 20.2 Å². The molecule has 0 spiro atoms. The minimum Gasteiger partial charge on any atom is -0.496 e. The average Bonchev–Trinajstić information content (AvgIpc) is 2.72.